The van der Waals surface area contributed by atoms with Crippen LogP contribution < -0.4 is 10.1 Å². The van der Waals surface area contributed by atoms with Gasteiger partial charge in [-0.2, -0.15) is 0 Å². The average Bonchev–Trinajstić information content (AvgIpc) is 2.70. The second-order valence-corrected chi connectivity index (χ2v) is 5.85. The minimum atomic E-state index is -0.779. The first-order chi connectivity index (χ1) is 13.5. The molecule has 2 rings (SSSR count). The average molecular weight is 385 g/mol. The molecule has 0 saturated carbocycles. The van der Waals surface area contributed by atoms with Crippen LogP contribution in [0.25, 0.3) is 0 Å². The second kappa shape index (κ2) is 10.1. The number of benzene rings is 2. The molecule has 0 bridgehead atoms. The van der Waals surface area contributed by atoms with Crippen LogP contribution in [-0.4, -0.2) is 38.7 Å². The zero-order valence-electron chi connectivity index (χ0n) is 16.1. The quantitative estimate of drug-likeness (QED) is 0.555. The molecular formula is C21H23NO6. The lowest BCUT2D eigenvalue weighted by Gasteiger charge is -2.20. The van der Waals surface area contributed by atoms with Gasteiger partial charge in [0.15, 0.2) is 0 Å². The number of ether oxygens (including phenoxy) is 3. The van der Waals surface area contributed by atoms with Crippen LogP contribution in [0.1, 0.15) is 30.4 Å². The van der Waals surface area contributed by atoms with Crippen molar-refractivity contribution in [3.63, 3.8) is 0 Å². The van der Waals surface area contributed by atoms with Crippen LogP contribution in [0.5, 0.6) is 5.75 Å². The molecule has 148 valence electrons. The minimum absolute atomic E-state index is 0.193. The van der Waals surface area contributed by atoms with E-state index in [4.69, 9.17) is 14.2 Å². The summed E-state index contributed by atoms with van der Waals surface area (Å²) in [4.78, 5) is 36.4. The molecule has 0 spiro atoms. The Bertz CT molecular complexity index is 834. The summed E-state index contributed by atoms with van der Waals surface area (Å²) in [5, 5.41) is 2.68. The van der Waals surface area contributed by atoms with E-state index >= 15 is 0 Å². The van der Waals surface area contributed by atoms with Crippen molar-refractivity contribution >= 4 is 23.5 Å². The van der Waals surface area contributed by atoms with Crippen molar-refractivity contribution in [2.24, 2.45) is 0 Å². The van der Waals surface area contributed by atoms with E-state index < -0.39 is 30.2 Å². The maximum Gasteiger partial charge on any atom is 0.317 e. The third-order valence-electron chi connectivity index (χ3n) is 4.02. The van der Waals surface area contributed by atoms with Crippen molar-refractivity contribution in [1.82, 2.24) is 0 Å². The van der Waals surface area contributed by atoms with Gasteiger partial charge in [0.2, 0.25) is 5.91 Å². The summed E-state index contributed by atoms with van der Waals surface area (Å²) in [6.07, 6.45) is -0.423. The Morgan fingerprint density at radius 1 is 1.04 bits per heavy atom. The van der Waals surface area contributed by atoms with E-state index in [0.717, 1.165) is 0 Å². The van der Waals surface area contributed by atoms with Crippen LogP contribution in [-0.2, 0) is 23.9 Å². The van der Waals surface area contributed by atoms with Gasteiger partial charge in [-0.05, 0) is 36.2 Å². The Hall–Kier alpha value is -3.35. The molecule has 1 N–H and O–H groups in total. The number of rotatable bonds is 8. The lowest BCUT2D eigenvalue weighted by molar-refractivity contribution is -0.145. The molecule has 1 atom stereocenters. The van der Waals surface area contributed by atoms with Gasteiger partial charge in [-0.15, -0.1) is 0 Å². The number of carbonyl (C=O) groups excluding carboxylic acids is 3. The Labute approximate surface area is 163 Å². The molecular weight excluding hydrogens is 362 g/mol. The van der Waals surface area contributed by atoms with E-state index in [0.29, 0.717) is 22.6 Å². The standard InChI is InChI=1S/C21H23NO6/c1-4-28-19(24)13-18(23)22-17-11-10-15(26-2)12-16(17)20(21(25)27-3)14-8-6-5-7-9-14/h5-12,20H,4,13H2,1-3H3,(H,22,23). The highest BCUT2D eigenvalue weighted by atomic mass is 16.5. The summed E-state index contributed by atoms with van der Waals surface area (Å²) < 4.78 is 15.1. The van der Waals surface area contributed by atoms with Crippen molar-refractivity contribution in [3.8, 4) is 5.75 Å². The van der Waals surface area contributed by atoms with E-state index in [1.807, 2.05) is 18.2 Å². The number of hydrogen-bond acceptors (Lipinski definition) is 6. The molecule has 2 aromatic rings. The molecule has 0 aliphatic carbocycles. The van der Waals surface area contributed by atoms with Crippen LogP contribution in [0, 0.1) is 0 Å². The third-order valence-corrected chi connectivity index (χ3v) is 4.02. The van der Waals surface area contributed by atoms with E-state index in [9.17, 15) is 14.4 Å². The predicted octanol–water partition coefficient (Wildman–Crippen LogP) is 2.89. The topological polar surface area (TPSA) is 90.9 Å². The van der Waals surface area contributed by atoms with E-state index in [-0.39, 0.29) is 6.61 Å². The SMILES string of the molecule is CCOC(=O)CC(=O)Nc1ccc(OC)cc1C(C(=O)OC)c1ccccc1. The molecule has 0 aromatic heterocycles. The summed E-state index contributed by atoms with van der Waals surface area (Å²) >= 11 is 0. The van der Waals surface area contributed by atoms with Crippen molar-refractivity contribution < 1.29 is 28.6 Å². The Morgan fingerprint density at radius 3 is 2.36 bits per heavy atom. The molecule has 1 unspecified atom stereocenters. The van der Waals surface area contributed by atoms with Gasteiger partial charge in [0.05, 0.1) is 20.8 Å². The number of carbonyl (C=O) groups is 3. The molecule has 2 aromatic carbocycles. The fourth-order valence-corrected chi connectivity index (χ4v) is 2.76. The van der Waals surface area contributed by atoms with Crippen molar-refractivity contribution in [1.29, 1.82) is 0 Å². The molecule has 0 radical (unpaired) electrons. The van der Waals surface area contributed by atoms with Gasteiger partial charge in [-0.1, -0.05) is 30.3 Å². The normalized spacial score (nSPS) is 11.2. The van der Waals surface area contributed by atoms with Gasteiger partial charge in [0.1, 0.15) is 18.1 Å². The molecule has 1 amide bonds. The van der Waals surface area contributed by atoms with Gasteiger partial charge < -0.3 is 19.5 Å². The van der Waals surface area contributed by atoms with E-state index in [1.54, 1.807) is 37.3 Å². The predicted molar refractivity (Wildman–Crippen MR) is 103 cm³/mol. The van der Waals surface area contributed by atoms with Crippen LogP contribution >= 0.6 is 0 Å². The lowest BCUT2D eigenvalue weighted by Crippen LogP contribution is -2.22. The van der Waals surface area contributed by atoms with Gasteiger partial charge >= 0.3 is 11.9 Å². The van der Waals surface area contributed by atoms with Crippen LogP contribution in [0.2, 0.25) is 0 Å². The van der Waals surface area contributed by atoms with Crippen LogP contribution in [0.3, 0.4) is 0 Å². The third kappa shape index (κ3) is 5.33. The highest BCUT2D eigenvalue weighted by Crippen LogP contribution is 2.34. The zero-order valence-corrected chi connectivity index (χ0v) is 16.1. The summed E-state index contributed by atoms with van der Waals surface area (Å²) in [5.74, 6) is -1.91. The van der Waals surface area contributed by atoms with Gasteiger partial charge in [-0.3, -0.25) is 14.4 Å². The monoisotopic (exact) mass is 385 g/mol. The van der Waals surface area contributed by atoms with Crippen molar-refractivity contribution in [3.05, 3.63) is 59.7 Å². The Morgan fingerprint density at radius 2 is 1.75 bits per heavy atom. The Balaban J connectivity index is 2.43. The lowest BCUT2D eigenvalue weighted by atomic mass is 9.89. The first-order valence-corrected chi connectivity index (χ1v) is 8.76. The van der Waals surface area contributed by atoms with E-state index in [2.05, 4.69) is 5.32 Å². The highest BCUT2D eigenvalue weighted by Gasteiger charge is 2.27. The van der Waals surface area contributed by atoms with Crippen LogP contribution in [0.4, 0.5) is 5.69 Å². The first-order valence-electron chi connectivity index (χ1n) is 8.76. The maximum atomic E-state index is 12.6. The van der Waals surface area contributed by atoms with Gasteiger partial charge in [0, 0.05) is 5.69 Å². The Kier molecular flexibility index (Phi) is 7.56. The molecule has 0 aliphatic heterocycles. The fourth-order valence-electron chi connectivity index (χ4n) is 2.76. The first kappa shape index (κ1) is 21.0. The maximum absolute atomic E-state index is 12.6. The minimum Gasteiger partial charge on any atom is -0.497 e. The number of amides is 1. The van der Waals surface area contributed by atoms with Crippen molar-refractivity contribution in [2.45, 2.75) is 19.3 Å². The molecule has 0 heterocycles. The number of hydrogen-bond donors (Lipinski definition) is 1. The van der Waals surface area contributed by atoms with Gasteiger partial charge in [-0.25, -0.2) is 0 Å². The smallest absolute Gasteiger partial charge is 0.317 e. The van der Waals surface area contributed by atoms with E-state index in [1.165, 1.54) is 14.2 Å². The molecule has 0 saturated heterocycles. The molecule has 7 nitrogen and oxygen atoms in total. The van der Waals surface area contributed by atoms with Crippen molar-refractivity contribution in [2.75, 3.05) is 26.1 Å². The molecule has 7 heteroatoms. The second-order valence-electron chi connectivity index (χ2n) is 5.85. The highest BCUT2D eigenvalue weighted by molar-refractivity contribution is 6.02. The molecule has 0 fully saturated rings. The molecule has 28 heavy (non-hydrogen) atoms. The fraction of sp³-hybridized carbons (Fsp3) is 0.286. The molecule has 0 aliphatic rings. The zero-order chi connectivity index (χ0) is 20.5. The number of nitrogens with one attached hydrogen (secondary N) is 1. The summed E-state index contributed by atoms with van der Waals surface area (Å²) in [6.45, 7) is 1.86. The largest absolute Gasteiger partial charge is 0.497 e. The number of methoxy groups -OCH3 is 2. The summed E-state index contributed by atoms with van der Waals surface area (Å²) in [6, 6.07) is 14.0. The van der Waals surface area contributed by atoms with Gasteiger partial charge in [0.25, 0.3) is 0 Å². The number of anilines is 1. The van der Waals surface area contributed by atoms with Crippen LogP contribution in [0.15, 0.2) is 48.5 Å². The summed E-state index contributed by atoms with van der Waals surface area (Å²) in [7, 11) is 2.81. The summed E-state index contributed by atoms with van der Waals surface area (Å²) in [5.41, 5.74) is 1.58. The number of esters is 2.